The molecule has 0 saturated carbocycles. The van der Waals surface area contributed by atoms with Crippen molar-refractivity contribution in [2.45, 2.75) is 26.4 Å². The molecule has 1 saturated heterocycles. The number of fused-ring (bicyclic) bond motifs is 3. The Balaban J connectivity index is 1.39. The van der Waals surface area contributed by atoms with Crippen molar-refractivity contribution in [1.82, 2.24) is 29.2 Å². The number of morpholine rings is 1. The van der Waals surface area contributed by atoms with Gasteiger partial charge in [0.05, 0.1) is 37.9 Å². The topological polar surface area (TPSA) is 99.3 Å². The van der Waals surface area contributed by atoms with E-state index in [1.807, 2.05) is 19.2 Å². The van der Waals surface area contributed by atoms with Gasteiger partial charge in [-0.05, 0) is 25.0 Å². The summed E-state index contributed by atoms with van der Waals surface area (Å²) in [6.45, 7) is 5.20. The summed E-state index contributed by atoms with van der Waals surface area (Å²) in [5.41, 5.74) is 4.63. The zero-order valence-corrected chi connectivity index (χ0v) is 18.7. The van der Waals surface area contributed by atoms with Gasteiger partial charge in [-0.15, -0.1) is 0 Å². The highest BCUT2D eigenvalue weighted by Gasteiger charge is 2.24. The van der Waals surface area contributed by atoms with Gasteiger partial charge in [0.15, 0.2) is 0 Å². The van der Waals surface area contributed by atoms with Crippen LogP contribution in [0.3, 0.4) is 0 Å². The first-order chi connectivity index (χ1) is 15.5. The van der Waals surface area contributed by atoms with E-state index in [9.17, 15) is 4.79 Å². The molecule has 1 fully saturated rings. The molecule has 1 N–H and O–H groups in total. The van der Waals surface area contributed by atoms with Gasteiger partial charge >= 0.3 is 0 Å². The Morgan fingerprint density at radius 2 is 2.09 bits per heavy atom. The minimum atomic E-state index is -0.0283. The van der Waals surface area contributed by atoms with Gasteiger partial charge in [0.1, 0.15) is 17.4 Å². The van der Waals surface area contributed by atoms with E-state index in [1.165, 1.54) is 4.68 Å². The van der Waals surface area contributed by atoms with E-state index in [4.69, 9.17) is 26.1 Å². The number of nitrogens with one attached hydrogen (secondary N) is 1. The molecule has 5 heterocycles. The molecule has 0 atom stereocenters. The molecular formula is C21H24ClN7O3. The maximum atomic E-state index is 12.6. The first kappa shape index (κ1) is 20.8. The largest absolute Gasteiger partial charge is 0.480 e. The van der Waals surface area contributed by atoms with Crippen LogP contribution in [0.25, 0.3) is 11.4 Å². The van der Waals surface area contributed by atoms with E-state index in [0.717, 1.165) is 35.5 Å². The second-order valence-electron chi connectivity index (χ2n) is 7.81. The maximum absolute atomic E-state index is 12.6. The van der Waals surface area contributed by atoms with Gasteiger partial charge in [0.25, 0.3) is 0 Å². The molecule has 1 amide bonds. The Morgan fingerprint density at radius 3 is 2.88 bits per heavy atom. The van der Waals surface area contributed by atoms with Crippen molar-refractivity contribution >= 4 is 29.1 Å². The second kappa shape index (κ2) is 8.44. The molecule has 0 aliphatic carbocycles. The van der Waals surface area contributed by atoms with Gasteiger partial charge in [0, 0.05) is 31.4 Å². The van der Waals surface area contributed by atoms with Crippen molar-refractivity contribution in [3.8, 4) is 17.3 Å². The summed E-state index contributed by atoms with van der Waals surface area (Å²) in [5, 5.41) is 8.23. The van der Waals surface area contributed by atoms with Crippen LogP contribution in [0, 0.1) is 6.92 Å². The molecule has 2 aliphatic rings. The molecule has 5 rings (SSSR count). The molecule has 0 unspecified atom stereocenters. The maximum Gasteiger partial charge on any atom is 0.244 e. The summed E-state index contributed by atoms with van der Waals surface area (Å²) in [6.07, 6.45) is 4.27. The Hall–Kier alpha value is -3.11. The smallest absolute Gasteiger partial charge is 0.244 e. The van der Waals surface area contributed by atoms with Crippen molar-refractivity contribution in [2.24, 2.45) is 0 Å². The lowest BCUT2D eigenvalue weighted by Crippen LogP contribution is -2.42. The normalized spacial score (nSPS) is 15.3. The third-order valence-electron chi connectivity index (χ3n) is 5.81. The van der Waals surface area contributed by atoms with Crippen LogP contribution in [0.1, 0.15) is 11.1 Å². The Bertz CT molecular complexity index is 1170. The standard InChI is InChI=1S/C21H24ClN7O3/c1-13-9-16(22)28-4-3-14-10-23-21(26-18(14)19(13)28)25-15-11-24-29(20(15)31-2)12-17(30)27-5-7-32-8-6-27/h9-11H,3-8,12H2,1-2H3,(H,23,25,26). The number of carbonyl (C=O) groups is 1. The monoisotopic (exact) mass is 457 g/mol. The summed E-state index contributed by atoms with van der Waals surface area (Å²) in [4.78, 5) is 23.6. The van der Waals surface area contributed by atoms with Crippen LogP contribution in [0.15, 0.2) is 18.5 Å². The summed E-state index contributed by atoms with van der Waals surface area (Å²) in [5.74, 6) is 0.834. The van der Waals surface area contributed by atoms with Crippen LogP contribution in [-0.2, 0) is 29.0 Å². The van der Waals surface area contributed by atoms with Crippen LogP contribution in [-0.4, -0.2) is 68.5 Å². The molecule has 3 aromatic heterocycles. The molecule has 2 aliphatic heterocycles. The van der Waals surface area contributed by atoms with Crippen molar-refractivity contribution in [3.05, 3.63) is 34.7 Å². The number of halogens is 1. The van der Waals surface area contributed by atoms with Crippen LogP contribution in [0.2, 0.25) is 5.15 Å². The summed E-state index contributed by atoms with van der Waals surface area (Å²) in [7, 11) is 1.55. The molecule has 10 nitrogen and oxygen atoms in total. The second-order valence-corrected chi connectivity index (χ2v) is 8.20. The third kappa shape index (κ3) is 3.69. The average Bonchev–Trinajstić information content (AvgIpc) is 3.33. The van der Waals surface area contributed by atoms with E-state index in [-0.39, 0.29) is 12.5 Å². The predicted octanol–water partition coefficient (Wildman–Crippen LogP) is 2.27. The number of nitrogens with zero attached hydrogens (tertiary/aromatic N) is 6. The number of aromatic nitrogens is 5. The van der Waals surface area contributed by atoms with Crippen LogP contribution in [0.5, 0.6) is 5.88 Å². The third-order valence-corrected chi connectivity index (χ3v) is 6.12. The first-order valence-electron chi connectivity index (χ1n) is 10.5. The minimum absolute atomic E-state index is 0.0283. The molecule has 168 valence electrons. The fraction of sp³-hybridized carbons (Fsp3) is 0.429. The van der Waals surface area contributed by atoms with E-state index >= 15 is 0 Å². The Kier molecular flexibility index (Phi) is 5.48. The highest BCUT2D eigenvalue weighted by molar-refractivity contribution is 6.30. The number of hydrogen-bond donors (Lipinski definition) is 1. The van der Waals surface area contributed by atoms with E-state index in [2.05, 4.69) is 20.0 Å². The lowest BCUT2D eigenvalue weighted by atomic mass is 10.0. The molecule has 3 aromatic rings. The van der Waals surface area contributed by atoms with Crippen molar-refractivity contribution in [3.63, 3.8) is 0 Å². The SMILES string of the molecule is COc1c(Nc2ncc3c(n2)-c2c(C)cc(Cl)n2CC3)cnn1CC(=O)N1CCOCC1. The van der Waals surface area contributed by atoms with Gasteiger partial charge in [-0.2, -0.15) is 5.10 Å². The molecular weight excluding hydrogens is 434 g/mol. The van der Waals surface area contributed by atoms with E-state index < -0.39 is 0 Å². The number of anilines is 2. The van der Waals surface area contributed by atoms with Gasteiger partial charge in [0.2, 0.25) is 17.7 Å². The molecule has 0 spiro atoms. The van der Waals surface area contributed by atoms with Crippen LogP contribution in [0.4, 0.5) is 11.6 Å². The zero-order chi connectivity index (χ0) is 22.2. The Morgan fingerprint density at radius 1 is 1.28 bits per heavy atom. The summed E-state index contributed by atoms with van der Waals surface area (Å²) in [6, 6.07) is 1.96. The van der Waals surface area contributed by atoms with E-state index in [0.29, 0.717) is 49.0 Å². The number of aryl methyl sites for hydroxylation is 2. The lowest BCUT2D eigenvalue weighted by Gasteiger charge is -2.26. The first-order valence-corrected chi connectivity index (χ1v) is 10.9. The Labute approximate surface area is 190 Å². The van der Waals surface area contributed by atoms with E-state index in [1.54, 1.807) is 18.2 Å². The van der Waals surface area contributed by atoms with Gasteiger partial charge in [-0.25, -0.2) is 14.6 Å². The van der Waals surface area contributed by atoms with Crippen molar-refractivity contribution < 1.29 is 14.3 Å². The van der Waals surface area contributed by atoms with Gasteiger partial charge in [-0.3, -0.25) is 4.79 Å². The molecule has 32 heavy (non-hydrogen) atoms. The van der Waals surface area contributed by atoms with Gasteiger partial charge < -0.3 is 24.3 Å². The number of rotatable bonds is 5. The van der Waals surface area contributed by atoms with Crippen molar-refractivity contribution in [1.29, 1.82) is 0 Å². The highest BCUT2D eigenvalue weighted by Crippen LogP contribution is 2.35. The van der Waals surface area contributed by atoms with Crippen molar-refractivity contribution in [2.75, 3.05) is 38.7 Å². The molecule has 0 aromatic carbocycles. The fourth-order valence-electron chi connectivity index (χ4n) is 4.21. The molecule has 0 radical (unpaired) electrons. The van der Waals surface area contributed by atoms with Crippen LogP contribution >= 0.6 is 11.6 Å². The van der Waals surface area contributed by atoms with Gasteiger partial charge in [-0.1, -0.05) is 11.6 Å². The number of methoxy groups -OCH3 is 1. The number of amides is 1. The molecule has 0 bridgehead atoms. The minimum Gasteiger partial charge on any atom is -0.480 e. The average molecular weight is 458 g/mol. The number of carbonyl (C=O) groups excluding carboxylic acids is 1. The lowest BCUT2D eigenvalue weighted by molar-refractivity contribution is -0.136. The number of hydrogen-bond acceptors (Lipinski definition) is 7. The number of ether oxygens (including phenoxy) is 2. The van der Waals surface area contributed by atoms with Crippen LogP contribution < -0.4 is 10.1 Å². The highest BCUT2D eigenvalue weighted by atomic mass is 35.5. The zero-order valence-electron chi connectivity index (χ0n) is 18.0. The predicted molar refractivity (Wildman–Crippen MR) is 118 cm³/mol. The molecule has 11 heteroatoms. The fourth-order valence-corrected chi connectivity index (χ4v) is 4.55. The summed E-state index contributed by atoms with van der Waals surface area (Å²) < 4.78 is 14.5. The quantitative estimate of drug-likeness (QED) is 0.627. The summed E-state index contributed by atoms with van der Waals surface area (Å²) >= 11 is 6.38.